The van der Waals surface area contributed by atoms with Gasteiger partial charge in [0.25, 0.3) is 0 Å². The molecule has 8 heteroatoms. The lowest BCUT2D eigenvalue weighted by atomic mass is 10.2. The molecule has 0 radical (unpaired) electrons. The molecule has 0 aliphatic carbocycles. The van der Waals surface area contributed by atoms with Gasteiger partial charge in [-0.2, -0.15) is 4.31 Å². The van der Waals surface area contributed by atoms with E-state index in [-0.39, 0.29) is 33.6 Å². The van der Waals surface area contributed by atoms with Crippen LogP contribution in [-0.4, -0.2) is 45.3 Å². The molecule has 0 amide bonds. The van der Waals surface area contributed by atoms with Crippen LogP contribution >= 0.6 is 23.2 Å². The minimum Gasteiger partial charge on any atom is -0.379 e. The zero-order valence-electron chi connectivity index (χ0n) is 9.80. The van der Waals surface area contributed by atoms with Gasteiger partial charge in [-0.15, -0.1) is 0 Å². The van der Waals surface area contributed by atoms with E-state index in [2.05, 4.69) is 0 Å². The number of carbonyl (C=O) groups excluding carboxylic acids is 1. The van der Waals surface area contributed by atoms with Gasteiger partial charge in [-0.3, -0.25) is 4.79 Å². The van der Waals surface area contributed by atoms with E-state index in [0.29, 0.717) is 19.5 Å². The fraction of sp³-hybridized carbons (Fsp3) is 0.364. The monoisotopic (exact) mass is 323 g/mol. The summed E-state index contributed by atoms with van der Waals surface area (Å²) in [5.74, 6) is 0. The highest BCUT2D eigenvalue weighted by atomic mass is 35.5. The predicted molar refractivity (Wildman–Crippen MR) is 71.4 cm³/mol. The highest BCUT2D eigenvalue weighted by molar-refractivity contribution is 7.89. The first kappa shape index (κ1) is 14.7. The van der Waals surface area contributed by atoms with E-state index in [1.54, 1.807) is 0 Å². The summed E-state index contributed by atoms with van der Waals surface area (Å²) in [7, 11) is -3.74. The Balaban J connectivity index is 2.48. The number of sulfonamides is 1. The number of ether oxygens (including phenoxy) is 1. The smallest absolute Gasteiger partial charge is 0.244 e. The number of aldehydes is 1. The third-order valence-electron chi connectivity index (χ3n) is 2.80. The van der Waals surface area contributed by atoms with Gasteiger partial charge in [-0.05, 0) is 12.1 Å². The zero-order chi connectivity index (χ0) is 14.0. The van der Waals surface area contributed by atoms with Crippen molar-refractivity contribution in [3.8, 4) is 0 Å². The van der Waals surface area contributed by atoms with Crippen LogP contribution in [0, 0.1) is 0 Å². The Morgan fingerprint density at radius 2 is 1.84 bits per heavy atom. The summed E-state index contributed by atoms with van der Waals surface area (Å²) >= 11 is 11.8. The van der Waals surface area contributed by atoms with Crippen LogP contribution in [0.5, 0.6) is 0 Å². The molecule has 0 spiro atoms. The first-order valence-electron chi connectivity index (χ1n) is 5.49. The van der Waals surface area contributed by atoms with Gasteiger partial charge in [0.1, 0.15) is 4.90 Å². The van der Waals surface area contributed by atoms with Crippen molar-refractivity contribution >= 4 is 39.5 Å². The fourth-order valence-electron chi connectivity index (χ4n) is 1.78. The molecule has 1 heterocycles. The number of hydrogen-bond donors (Lipinski definition) is 0. The van der Waals surface area contributed by atoms with E-state index in [1.807, 2.05) is 0 Å². The molecule has 104 valence electrons. The lowest BCUT2D eigenvalue weighted by Gasteiger charge is -2.26. The molecule has 2 rings (SSSR count). The second-order valence-electron chi connectivity index (χ2n) is 3.91. The molecule has 0 N–H and O–H groups in total. The van der Waals surface area contributed by atoms with Crippen molar-refractivity contribution in [2.75, 3.05) is 26.3 Å². The lowest BCUT2D eigenvalue weighted by Crippen LogP contribution is -2.40. The standard InChI is InChI=1S/C11H11Cl2NO4S/c12-9-1-2-10(11(13)8(9)7-15)19(16,17)14-3-5-18-6-4-14/h1-2,7H,3-6H2. The molecule has 1 aromatic rings. The minimum atomic E-state index is -3.74. The number of rotatable bonds is 3. The van der Waals surface area contributed by atoms with Gasteiger partial charge in [0.15, 0.2) is 6.29 Å². The van der Waals surface area contributed by atoms with Gasteiger partial charge in [0.05, 0.1) is 28.8 Å². The number of hydrogen-bond acceptors (Lipinski definition) is 4. The Kier molecular flexibility index (Phi) is 4.47. The van der Waals surface area contributed by atoms with Crippen molar-refractivity contribution in [1.29, 1.82) is 0 Å². The van der Waals surface area contributed by atoms with Crippen LogP contribution in [0.2, 0.25) is 10.0 Å². The molecule has 0 saturated carbocycles. The maximum Gasteiger partial charge on any atom is 0.244 e. The van der Waals surface area contributed by atoms with Crippen LogP contribution in [0.1, 0.15) is 10.4 Å². The van der Waals surface area contributed by atoms with Gasteiger partial charge < -0.3 is 4.74 Å². The van der Waals surface area contributed by atoms with Gasteiger partial charge in [0, 0.05) is 13.1 Å². The maximum absolute atomic E-state index is 12.4. The Hall–Kier alpha value is -0.660. The van der Waals surface area contributed by atoms with E-state index < -0.39 is 10.0 Å². The first-order valence-corrected chi connectivity index (χ1v) is 7.69. The molecule has 1 aliphatic heterocycles. The van der Waals surface area contributed by atoms with Gasteiger partial charge in [-0.25, -0.2) is 8.42 Å². The lowest BCUT2D eigenvalue weighted by molar-refractivity contribution is 0.0730. The van der Waals surface area contributed by atoms with Crippen LogP contribution in [0.4, 0.5) is 0 Å². The molecule has 1 fully saturated rings. The fourth-order valence-corrected chi connectivity index (χ4v) is 4.02. The van der Waals surface area contributed by atoms with Crippen molar-refractivity contribution in [2.24, 2.45) is 0 Å². The number of halogens is 2. The second kappa shape index (κ2) is 5.76. The third-order valence-corrected chi connectivity index (χ3v) is 5.59. The molecule has 0 atom stereocenters. The zero-order valence-corrected chi connectivity index (χ0v) is 12.1. The van der Waals surface area contributed by atoms with Crippen LogP contribution in [-0.2, 0) is 14.8 Å². The molecular formula is C11H11Cl2NO4S. The summed E-state index contributed by atoms with van der Waals surface area (Å²) in [6.45, 7) is 1.20. The van der Waals surface area contributed by atoms with Gasteiger partial charge in [-0.1, -0.05) is 23.2 Å². The van der Waals surface area contributed by atoms with Crippen LogP contribution in [0.15, 0.2) is 17.0 Å². The van der Waals surface area contributed by atoms with E-state index in [1.165, 1.54) is 16.4 Å². The van der Waals surface area contributed by atoms with Crippen molar-refractivity contribution in [1.82, 2.24) is 4.31 Å². The van der Waals surface area contributed by atoms with Crippen molar-refractivity contribution in [2.45, 2.75) is 4.90 Å². The Labute approximate surface area is 121 Å². The molecule has 5 nitrogen and oxygen atoms in total. The Morgan fingerprint density at radius 1 is 1.21 bits per heavy atom. The normalized spacial score (nSPS) is 17.4. The van der Waals surface area contributed by atoms with Crippen LogP contribution in [0.3, 0.4) is 0 Å². The summed E-state index contributed by atoms with van der Waals surface area (Å²) < 4.78 is 31.2. The molecule has 0 bridgehead atoms. The number of nitrogens with zero attached hydrogens (tertiary/aromatic N) is 1. The minimum absolute atomic E-state index is 0.0160. The summed E-state index contributed by atoms with van der Waals surface area (Å²) in [5, 5.41) is -0.0186. The molecule has 1 saturated heterocycles. The molecule has 0 aromatic heterocycles. The molecule has 1 aromatic carbocycles. The molecule has 1 aliphatic rings. The van der Waals surface area contributed by atoms with Crippen LogP contribution in [0.25, 0.3) is 0 Å². The highest BCUT2D eigenvalue weighted by Crippen LogP contribution is 2.31. The van der Waals surface area contributed by atoms with Crippen molar-refractivity contribution in [3.63, 3.8) is 0 Å². The van der Waals surface area contributed by atoms with E-state index in [4.69, 9.17) is 27.9 Å². The second-order valence-corrected chi connectivity index (χ2v) is 6.60. The SMILES string of the molecule is O=Cc1c(Cl)ccc(S(=O)(=O)N2CCOCC2)c1Cl. The summed E-state index contributed by atoms with van der Waals surface area (Å²) in [6, 6.07) is 2.66. The topological polar surface area (TPSA) is 63.7 Å². The maximum atomic E-state index is 12.4. The molecule has 0 unspecified atom stereocenters. The Bertz CT molecular complexity index is 597. The summed E-state index contributed by atoms with van der Waals surface area (Å²) in [4.78, 5) is 10.8. The van der Waals surface area contributed by atoms with E-state index >= 15 is 0 Å². The highest BCUT2D eigenvalue weighted by Gasteiger charge is 2.29. The summed E-state index contributed by atoms with van der Waals surface area (Å²) in [6.07, 6.45) is 0.447. The number of carbonyl (C=O) groups is 1. The van der Waals surface area contributed by atoms with Gasteiger partial charge >= 0.3 is 0 Å². The number of morpholine rings is 1. The average Bonchev–Trinajstić information content (AvgIpc) is 2.40. The van der Waals surface area contributed by atoms with Crippen molar-refractivity contribution in [3.05, 3.63) is 27.7 Å². The number of benzene rings is 1. The average molecular weight is 324 g/mol. The predicted octanol–water partition coefficient (Wildman–Crippen LogP) is 1.83. The van der Waals surface area contributed by atoms with Crippen LogP contribution < -0.4 is 0 Å². The largest absolute Gasteiger partial charge is 0.379 e. The molecular weight excluding hydrogens is 313 g/mol. The first-order chi connectivity index (χ1) is 8.98. The van der Waals surface area contributed by atoms with Crippen molar-refractivity contribution < 1.29 is 17.9 Å². The summed E-state index contributed by atoms with van der Waals surface area (Å²) in [5.41, 5.74) is -0.0160. The van der Waals surface area contributed by atoms with Gasteiger partial charge in [0.2, 0.25) is 10.0 Å². The molecule has 19 heavy (non-hydrogen) atoms. The quantitative estimate of drug-likeness (QED) is 0.796. The van der Waals surface area contributed by atoms with E-state index in [0.717, 1.165) is 0 Å². The van der Waals surface area contributed by atoms with E-state index in [9.17, 15) is 13.2 Å². The Morgan fingerprint density at radius 3 is 2.42 bits per heavy atom. The third kappa shape index (κ3) is 2.78.